The van der Waals surface area contributed by atoms with Gasteiger partial charge in [0.15, 0.2) is 17.2 Å². The van der Waals surface area contributed by atoms with Gasteiger partial charge in [-0.25, -0.2) is 4.68 Å². The molecule has 172 valence electrons. The van der Waals surface area contributed by atoms with E-state index in [0.717, 1.165) is 49.8 Å². The molecule has 0 bridgehead atoms. The van der Waals surface area contributed by atoms with Crippen molar-refractivity contribution in [2.45, 2.75) is 64.6 Å². The maximum Gasteiger partial charge on any atom is 0.275 e. The number of ether oxygens (including phenoxy) is 2. The Bertz CT molecular complexity index is 1230. The first-order chi connectivity index (χ1) is 16.2. The van der Waals surface area contributed by atoms with Gasteiger partial charge in [-0.2, -0.15) is 5.10 Å². The van der Waals surface area contributed by atoms with Crippen molar-refractivity contribution in [1.82, 2.24) is 14.7 Å². The van der Waals surface area contributed by atoms with Gasteiger partial charge in [-0.1, -0.05) is 50.5 Å². The molecule has 7 heteroatoms. The fraction of sp³-hybridized carbons (Fsp3) is 0.423. The van der Waals surface area contributed by atoms with Gasteiger partial charge in [0.05, 0.1) is 5.39 Å². The molecule has 2 aromatic carbocycles. The number of carbonyl (C=O) groups excluding carboxylic acids is 1. The smallest absolute Gasteiger partial charge is 0.275 e. The quantitative estimate of drug-likeness (QED) is 0.533. The lowest BCUT2D eigenvalue weighted by Crippen LogP contribution is -2.40. The summed E-state index contributed by atoms with van der Waals surface area (Å²) < 4.78 is 12.4. The Hall–Kier alpha value is -3.35. The SMILES string of the molecule is CCCCn1nc(C(=O)N(Cc2ccc3c(c2)OCO3)C2CCCC2)c2ccccc2c1=O. The van der Waals surface area contributed by atoms with E-state index in [1.807, 2.05) is 41.3 Å². The molecule has 0 radical (unpaired) electrons. The zero-order valence-electron chi connectivity index (χ0n) is 19.0. The number of aryl methyl sites for hydroxylation is 1. The monoisotopic (exact) mass is 447 g/mol. The van der Waals surface area contributed by atoms with E-state index in [1.165, 1.54) is 4.68 Å². The second-order valence-corrected chi connectivity index (χ2v) is 8.83. The number of benzene rings is 2. The molecule has 1 aliphatic heterocycles. The summed E-state index contributed by atoms with van der Waals surface area (Å²) in [5.74, 6) is 1.32. The molecular formula is C26H29N3O4. The molecule has 2 heterocycles. The van der Waals surface area contributed by atoms with Gasteiger partial charge >= 0.3 is 0 Å². The summed E-state index contributed by atoms with van der Waals surface area (Å²) in [7, 11) is 0. The third kappa shape index (κ3) is 4.19. The number of fused-ring (bicyclic) bond motifs is 2. The number of unbranched alkanes of at least 4 members (excludes halogenated alkanes) is 1. The standard InChI is InChI=1S/C26H29N3O4/c1-2-3-14-29-25(30)21-11-7-6-10-20(21)24(27-29)26(31)28(19-8-4-5-9-19)16-18-12-13-22-23(15-18)33-17-32-22/h6-7,10-13,15,19H,2-5,8-9,14,16-17H2,1H3. The summed E-state index contributed by atoms with van der Waals surface area (Å²) in [6.45, 7) is 3.26. The molecule has 0 N–H and O–H groups in total. The van der Waals surface area contributed by atoms with Crippen molar-refractivity contribution in [2.24, 2.45) is 0 Å². The summed E-state index contributed by atoms with van der Waals surface area (Å²) in [5, 5.41) is 5.76. The highest BCUT2D eigenvalue weighted by atomic mass is 16.7. The summed E-state index contributed by atoms with van der Waals surface area (Å²) >= 11 is 0. The molecule has 1 fully saturated rings. The molecule has 0 saturated heterocycles. The van der Waals surface area contributed by atoms with Crippen LogP contribution in [0.15, 0.2) is 47.3 Å². The van der Waals surface area contributed by atoms with Crippen molar-refractivity contribution in [3.63, 3.8) is 0 Å². The third-order valence-corrected chi connectivity index (χ3v) is 6.61. The molecule has 1 amide bonds. The number of rotatable bonds is 7. The van der Waals surface area contributed by atoms with E-state index in [4.69, 9.17) is 9.47 Å². The number of aromatic nitrogens is 2. The molecule has 0 atom stereocenters. The number of hydrogen-bond acceptors (Lipinski definition) is 5. The van der Waals surface area contributed by atoms with Crippen LogP contribution in [0.5, 0.6) is 11.5 Å². The Morgan fingerprint density at radius 3 is 2.64 bits per heavy atom. The van der Waals surface area contributed by atoms with Crippen LogP contribution in [-0.2, 0) is 13.1 Å². The Morgan fingerprint density at radius 2 is 1.85 bits per heavy atom. The van der Waals surface area contributed by atoms with E-state index >= 15 is 0 Å². The maximum atomic E-state index is 14.0. The summed E-state index contributed by atoms with van der Waals surface area (Å²) in [4.78, 5) is 28.9. The van der Waals surface area contributed by atoms with Gasteiger partial charge in [-0.05, 0) is 43.0 Å². The van der Waals surface area contributed by atoms with Crippen molar-refractivity contribution in [2.75, 3.05) is 6.79 Å². The van der Waals surface area contributed by atoms with Crippen molar-refractivity contribution in [3.05, 3.63) is 64.1 Å². The molecule has 5 rings (SSSR count). The van der Waals surface area contributed by atoms with Crippen LogP contribution in [0.4, 0.5) is 0 Å². The zero-order chi connectivity index (χ0) is 22.8. The van der Waals surface area contributed by atoms with Gasteiger partial charge in [-0.15, -0.1) is 0 Å². The predicted octanol–water partition coefficient (Wildman–Crippen LogP) is 4.51. The van der Waals surface area contributed by atoms with Crippen molar-refractivity contribution < 1.29 is 14.3 Å². The molecule has 7 nitrogen and oxygen atoms in total. The fourth-order valence-corrected chi connectivity index (χ4v) is 4.81. The highest BCUT2D eigenvalue weighted by Gasteiger charge is 2.30. The van der Waals surface area contributed by atoms with Crippen molar-refractivity contribution in [1.29, 1.82) is 0 Å². The normalized spacial score (nSPS) is 15.3. The predicted molar refractivity (Wildman–Crippen MR) is 126 cm³/mol. The molecule has 0 unspecified atom stereocenters. The zero-order valence-corrected chi connectivity index (χ0v) is 19.0. The van der Waals surface area contributed by atoms with Crippen LogP contribution in [0, 0.1) is 0 Å². The van der Waals surface area contributed by atoms with Crippen LogP contribution < -0.4 is 15.0 Å². The lowest BCUT2D eigenvalue weighted by Gasteiger charge is -2.29. The number of hydrogen-bond donors (Lipinski definition) is 0. The molecule has 33 heavy (non-hydrogen) atoms. The second kappa shape index (κ2) is 9.25. The van der Waals surface area contributed by atoms with E-state index in [1.54, 1.807) is 6.07 Å². The van der Waals surface area contributed by atoms with E-state index in [2.05, 4.69) is 12.0 Å². The van der Waals surface area contributed by atoms with Gasteiger partial charge in [0.2, 0.25) is 6.79 Å². The number of nitrogens with zero attached hydrogens (tertiary/aromatic N) is 3. The van der Waals surface area contributed by atoms with E-state index < -0.39 is 0 Å². The fourth-order valence-electron chi connectivity index (χ4n) is 4.81. The van der Waals surface area contributed by atoms with Gasteiger partial charge in [0.1, 0.15) is 0 Å². The maximum absolute atomic E-state index is 14.0. The van der Waals surface area contributed by atoms with Crippen LogP contribution in [0.1, 0.15) is 61.5 Å². The minimum Gasteiger partial charge on any atom is -0.454 e. The van der Waals surface area contributed by atoms with E-state index in [0.29, 0.717) is 35.3 Å². The Balaban J connectivity index is 1.55. The topological polar surface area (TPSA) is 73.7 Å². The molecule has 1 aliphatic carbocycles. The van der Waals surface area contributed by atoms with Crippen molar-refractivity contribution in [3.8, 4) is 11.5 Å². The minimum atomic E-state index is -0.140. The average Bonchev–Trinajstić information content (AvgIpc) is 3.54. The lowest BCUT2D eigenvalue weighted by molar-refractivity contribution is 0.0657. The summed E-state index contributed by atoms with van der Waals surface area (Å²) in [6, 6.07) is 13.3. The Kier molecular flexibility index (Phi) is 6.03. The third-order valence-electron chi connectivity index (χ3n) is 6.61. The van der Waals surface area contributed by atoms with Crippen LogP contribution >= 0.6 is 0 Å². The van der Waals surface area contributed by atoms with E-state index in [9.17, 15) is 9.59 Å². The van der Waals surface area contributed by atoms with E-state index in [-0.39, 0.29) is 24.3 Å². The summed E-state index contributed by atoms with van der Waals surface area (Å²) in [6.07, 6.45) is 5.96. The molecule has 1 saturated carbocycles. The second-order valence-electron chi connectivity index (χ2n) is 8.83. The van der Waals surface area contributed by atoms with Gasteiger partial charge in [-0.3, -0.25) is 9.59 Å². The van der Waals surface area contributed by atoms with Crippen LogP contribution in [0.3, 0.4) is 0 Å². The number of carbonyl (C=O) groups is 1. The van der Waals surface area contributed by atoms with Gasteiger partial charge < -0.3 is 14.4 Å². The Labute approximate surface area is 192 Å². The molecule has 0 spiro atoms. The van der Waals surface area contributed by atoms with Crippen LogP contribution in [-0.4, -0.2) is 33.4 Å². The van der Waals surface area contributed by atoms with Gasteiger partial charge in [0.25, 0.3) is 11.5 Å². The molecular weight excluding hydrogens is 418 g/mol. The van der Waals surface area contributed by atoms with Crippen LogP contribution in [0.2, 0.25) is 0 Å². The van der Waals surface area contributed by atoms with Crippen LogP contribution in [0.25, 0.3) is 10.8 Å². The first-order valence-corrected chi connectivity index (χ1v) is 11.8. The molecule has 2 aliphatic rings. The highest BCUT2D eigenvalue weighted by molar-refractivity contribution is 6.04. The highest BCUT2D eigenvalue weighted by Crippen LogP contribution is 2.34. The Morgan fingerprint density at radius 1 is 1.09 bits per heavy atom. The molecule has 3 aromatic rings. The molecule has 1 aromatic heterocycles. The minimum absolute atomic E-state index is 0.124. The largest absolute Gasteiger partial charge is 0.454 e. The van der Waals surface area contributed by atoms with Crippen molar-refractivity contribution >= 4 is 16.7 Å². The number of amides is 1. The van der Waals surface area contributed by atoms with Gasteiger partial charge in [0, 0.05) is 24.5 Å². The summed E-state index contributed by atoms with van der Waals surface area (Å²) in [5.41, 5.74) is 1.20. The first kappa shape index (κ1) is 21.5. The first-order valence-electron chi connectivity index (χ1n) is 11.8. The lowest BCUT2D eigenvalue weighted by atomic mass is 10.1. The average molecular weight is 448 g/mol.